The highest BCUT2D eigenvalue weighted by atomic mass is 32.1. The lowest BCUT2D eigenvalue weighted by Gasteiger charge is -2.24. The molecule has 1 aliphatic carbocycles. The van der Waals surface area contributed by atoms with E-state index >= 15 is 0 Å². The lowest BCUT2D eigenvalue weighted by molar-refractivity contribution is 0.0820. The van der Waals surface area contributed by atoms with Crippen LogP contribution in [0.25, 0.3) is 0 Å². The Balaban J connectivity index is 1.71. The maximum atomic E-state index is 12.5. The van der Waals surface area contributed by atoms with Crippen molar-refractivity contribution in [3.05, 3.63) is 52.0 Å². The smallest absolute Gasteiger partial charge is 0.274 e. The van der Waals surface area contributed by atoms with Crippen LogP contribution in [0.5, 0.6) is 0 Å². The highest BCUT2D eigenvalue weighted by Crippen LogP contribution is 2.26. The monoisotopic (exact) mass is 358 g/mol. The summed E-state index contributed by atoms with van der Waals surface area (Å²) in [5.74, 6) is -0.0155. The van der Waals surface area contributed by atoms with E-state index in [1.165, 1.54) is 10.6 Å². The first-order valence-electron chi connectivity index (χ1n) is 8.77. The van der Waals surface area contributed by atoms with Crippen molar-refractivity contribution in [1.29, 1.82) is 0 Å². The SMILES string of the molecule is C=CCn1nc(C(=O)N(C)C)c2c1CC[C@@H](NCCc1cccs1)C2. The molecule has 0 fully saturated rings. The fourth-order valence-electron chi connectivity index (χ4n) is 3.37. The Morgan fingerprint density at radius 3 is 3.08 bits per heavy atom. The molecule has 2 aromatic rings. The Morgan fingerprint density at radius 2 is 2.40 bits per heavy atom. The van der Waals surface area contributed by atoms with Gasteiger partial charge in [-0.1, -0.05) is 12.1 Å². The topological polar surface area (TPSA) is 50.2 Å². The summed E-state index contributed by atoms with van der Waals surface area (Å²) >= 11 is 1.80. The Bertz CT molecular complexity index is 733. The maximum Gasteiger partial charge on any atom is 0.274 e. The van der Waals surface area contributed by atoms with Crippen LogP contribution in [0.3, 0.4) is 0 Å². The molecule has 0 saturated carbocycles. The number of nitrogens with one attached hydrogen (secondary N) is 1. The number of carbonyl (C=O) groups excluding carboxylic acids is 1. The fourth-order valence-corrected chi connectivity index (χ4v) is 4.08. The molecule has 1 amide bonds. The summed E-state index contributed by atoms with van der Waals surface area (Å²) in [6.07, 6.45) is 5.79. The van der Waals surface area contributed by atoms with E-state index in [1.807, 2.05) is 10.8 Å². The maximum absolute atomic E-state index is 12.5. The average Bonchev–Trinajstić information content (AvgIpc) is 3.23. The van der Waals surface area contributed by atoms with Crippen LogP contribution < -0.4 is 5.32 Å². The number of rotatable bonds is 7. The van der Waals surface area contributed by atoms with E-state index in [-0.39, 0.29) is 5.91 Å². The van der Waals surface area contributed by atoms with Gasteiger partial charge < -0.3 is 10.2 Å². The van der Waals surface area contributed by atoms with Crippen molar-refractivity contribution < 1.29 is 4.79 Å². The van der Waals surface area contributed by atoms with E-state index in [0.717, 1.165) is 37.8 Å². The van der Waals surface area contributed by atoms with E-state index in [1.54, 1.807) is 30.3 Å². The number of fused-ring (bicyclic) bond motifs is 1. The van der Waals surface area contributed by atoms with Gasteiger partial charge in [0, 0.05) is 42.8 Å². The second kappa shape index (κ2) is 7.97. The minimum atomic E-state index is -0.0155. The third kappa shape index (κ3) is 4.02. The molecule has 1 atom stereocenters. The van der Waals surface area contributed by atoms with E-state index in [0.29, 0.717) is 18.3 Å². The molecule has 0 unspecified atom stereocenters. The highest BCUT2D eigenvalue weighted by Gasteiger charge is 2.29. The molecule has 134 valence electrons. The molecule has 2 aromatic heterocycles. The first-order chi connectivity index (χ1) is 12.1. The van der Waals surface area contributed by atoms with Crippen LogP contribution in [0.4, 0.5) is 0 Å². The third-order valence-electron chi connectivity index (χ3n) is 4.64. The molecule has 2 heterocycles. The molecule has 6 heteroatoms. The zero-order valence-electron chi connectivity index (χ0n) is 15.0. The van der Waals surface area contributed by atoms with Gasteiger partial charge >= 0.3 is 0 Å². The summed E-state index contributed by atoms with van der Waals surface area (Å²) in [6, 6.07) is 4.68. The van der Waals surface area contributed by atoms with Gasteiger partial charge in [-0.15, -0.1) is 17.9 Å². The summed E-state index contributed by atoms with van der Waals surface area (Å²) in [6.45, 7) is 5.43. The van der Waals surface area contributed by atoms with Crippen LogP contribution in [0.15, 0.2) is 30.2 Å². The summed E-state index contributed by atoms with van der Waals surface area (Å²) in [5.41, 5.74) is 2.91. The summed E-state index contributed by atoms with van der Waals surface area (Å²) in [4.78, 5) is 15.5. The van der Waals surface area contributed by atoms with Crippen molar-refractivity contribution in [3.8, 4) is 0 Å². The largest absolute Gasteiger partial charge is 0.343 e. The lowest BCUT2D eigenvalue weighted by Crippen LogP contribution is -2.36. The fraction of sp³-hybridized carbons (Fsp3) is 0.474. The van der Waals surface area contributed by atoms with Crippen LogP contribution in [0, 0.1) is 0 Å². The van der Waals surface area contributed by atoms with Gasteiger partial charge in [-0.05, 0) is 37.1 Å². The molecule has 3 rings (SSSR count). The number of hydrogen-bond acceptors (Lipinski definition) is 4. The van der Waals surface area contributed by atoms with Crippen molar-refractivity contribution in [2.24, 2.45) is 0 Å². The van der Waals surface area contributed by atoms with Gasteiger partial charge in [-0.25, -0.2) is 0 Å². The molecule has 0 aromatic carbocycles. The number of amides is 1. The Kier molecular flexibility index (Phi) is 5.71. The summed E-state index contributed by atoms with van der Waals surface area (Å²) < 4.78 is 1.95. The Hall–Kier alpha value is -1.92. The van der Waals surface area contributed by atoms with Gasteiger partial charge in [0.15, 0.2) is 5.69 Å². The second-order valence-corrected chi connectivity index (χ2v) is 7.70. The minimum absolute atomic E-state index is 0.0155. The highest BCUT2D eigenvalue weighted by molar-refractivity contribution is 7.09. The number of hydrogen-bond donors (Lipinski definition) is 1. The van der Waals surface area contributed by atoms with E-state index in [2.05, 4.69) is 34.5 Å². The quantitative estimate of drug-likeness (QED) is 0.774. The van der Waals surface area contributed by atoms with Crippen molar-refractivity contribution in [2.45, 2.75) is 38.3 Å². The second-order valence-electron chi connectivity index (χ2n) is 6.67. The van der Waals surface area contributed by atoms with E-state index in [4.69, 9.17) is 0 Å². The van der Waals surface area contributed by atoms with Gasteiger partial charge in [-0.2, -0.15) is 5.10 Å². The van der Waals surface area contributed by atoms with Gasteiger partial charge in [0.25, 0.3) is 5.91 Å². The van der Waals surface area contributed by atoms with Crippen LogP contribution in [-0.4, -0.2) is 47.3 Å². The molecule has 25 heavy (non-hydrogen) atoms. The lowest BCUT2D eigenvalue weighted by atomic mass is 9.91. The molecule has 1 N–H and O–H groups in total. The first kappa shape index (κ1) is 17.9. The third-order valence-corrected chi connectivity index (χ3v) is 5.58. The van der Waals surface area contributed by atoms with Gasteiger partial charge in [0.2, 0.25) is 0 Å². The van der Waals surface area contributed by atoms with Crippen LogP contribution in [-0.2, 0) is 25.8 Å². The number of nitrogens with zero attached hydrogens (tertiary/aromatic N) is 3. The molecule has 0 saturated heterocycles. The number of carbonyl (C=O) groups is 1. The number of allylic oxidation sites excluding steroid dienone is 1. The predicted octanol–water partition coefficient (Wildman–Crippen LogP) is 2.52. The predicted molar refractivity (Wildman–Crippen MR) is 102 cm³/mol. The minimum Gasteiger partial charge on any atom is -0.343 e. The van der Waals surface area contributed by atoms with E-state index in [9.17, 15) is 4.79 Å². The molecule has 5 nitrogen and oxygen atoms in total. The Morgan fingerprint density at radius 1 is 1.56 bits per heavy atom. The number of aromatic nitrogens is 2. The molecular formula is C19H26N4OS. The van der Waals surface area contributed by atoms with Gasteiger partial charge in [-0.3, -0.25) is 9.48 Å². The zero-order chi connectivity index (χ0) is 17.8. The Labute approximate surface area is 153 Å². The normalized spacial score (nSPS) is 16.5. The van der Waals surface area contributed by atoms with Crippen LogP contribution >= 0.6 is 11.3 Å². The molecule has 1 aliphatic rings. The van der Waals surface area contributed by atoms with Crippen molar-refractivity contribution in [2.75, 3.05) is 20.6 Å². The van der Waals surface area contributed by atoms with Gasteiger partial charge in [0.1, 0.15) is 0 Å². The summed E-state index contributed by atoms with van der Waals surface area (Å²) in [7, 11) is 3.56. The van der Waals surface area contributed by atoms with Crippen LogP contribution in [0.2, 0.25) is 0 Å². The molecule has 0 radical (unpaired) electrons. The zero-order valence-corrected chi connectivity index (χ0v) is 15.8. The molecule has 0 spiro atoms. The molecular weight excluding hydrogens is 332 g/mol. The van der Waals surface area contributed by atoms with Crippen molar-refractivity contribution in [1.82, 2.24) is 20.0 Å². The molecule has 0 bridgehead atoms. The molecule has 0 aliphatic heterocycles. The van der Waals surface area contributed by atoms with Crippen molar-refractivity contribution in [3.63, 3.8) is 0 Å². The first-order valence-corrected chi connectivity index (χ1v) is 9.65. The standard InChI is InChI=1S/C19H26N4OS/c1-4-11-23-17-8-7-14(20-10-9-15-6-5-12-25-15)13-16(17)18(21-23)19(24)22(2)3/h4-6,12,14,20H,1,7-11,13H2,2-3H3/t14-/m1/s1. The number of thiophene rings is 1. The average molecular weight is 359 g/mol. The van der Waals surface area contributed by atoms with Crippen molar-refractivity contribution >= 4 is 17.2 Å². The van der Waals surface area contributed by atoms with Gasteiger partial charge in [0.05, 0.1) is 6.54 Å². The summed E-state index contributed by atoms with van der Waals surface area (Å²) in [5, 5.41) is 10.4. The van der Waals surface area contributed by atoms with E-state index < -0.39 is 0 Å². The van der Waals surface area contributed by atoms with Crippen LogP contribution in [0.1, 0.15) is 33.0 Å².